The molecular formula is C13H19F3N4OS. The van der Waals surface area contributed by atoms with Gasteiger partial charge >= 0.3 is 6.18 Å². The molecule has 1 saturated heterocycles. The Morgan fingerprint density at radius 1 is 1.59 bits per heavy atom. The van der Waals surface area contributed by atoms with Crippen molar-refractivity contribution in [2.75, 3.05) is 33.9 Å². The molecule has 22 heavy (non-hydrogen) atoms. The van der Waals surface area contributed by atoms with E-state index in [0.29, 0.717) is 16.9 Å². The maximum Gasteiger partial charge on any atom is 0.434 e. The molecule has 1 aliphatic rings. The van der Waals surface area contributed by atoms with E-state index in [1.165, 1.54) is 0 Å². The van der Waals surface area contributed by atoms with E-state index < -0.39 is 11.9 Å². The van der Waals surface area contributed by atoms with E-state index in [1.54, 1.807) is 7.05 Å². The van der Waals surface area contributed by atoms with Crippen molar-refractivity contribution in [2.45, 2.75) is 19.1 Å². The van der Waals surface area contributed by atoms with Gasteiger partial charge in [0.25, 0.3) is 0 Å². The SMILES string of the molecule is CN=C(NCc1nc(C(F)(F)F)cs1)N(C)CC1CCOC1. The first-order chi connectivity index (χ1) is 10.4. The third-order valence-corrected chi connectivity index (χ3v) is 4.22. The van der Waals surface area contributed by atoms with E-state index in [1.807, 2.05) is 11.9 Å². The van der Waals surface area contributed by atoms with Gasteiger partial charge in [0.2, 0.25) is 0 Å². The molecule has 1 aromatic heterocycles. The van der Waals surface area contributed by atoms with Crippen molar-refractivity contribution in [3.63, 3.8) is 0 Å². The topological polar surface area (TPSA) is 49.8 Å². The lowest BCUT2D eigenvalue weighted by molar-refractivity contribution is -0.140. The van der Waals surface area contributed by atoms with E-state index in [-0.39, 0.29) is 6.54 Å². The molecule has 1 atom stereocenters. The first-order valence-corrected chi connectivity index (χ1v) is 7.79. The highest BCUT2D eigenvalue weighted by Gasteiger charge is 2.33. The molecule has 9 heteroatoms. The largest absolute Gasteiger partial charge is 0.434 e. The minimum atomic E-state index is -4.39. The summed E-state index contributed by atoms with van der Waals surface area (Å²) in [7, 11) is 3.55. The summed E-state index contributed by atoms with van der Waals surface area (Å²) in [6.07, 6.45) is -3.38. The maximum atomic E-state index is 12.5. The zero-order chi connectivity index (χ0) is 16.2. The number of ether oxygens (including phenoxy) is 1. The Kier molecular flexibility index (Phi) is 5.63. The van der Waals surface area contributed by atoms with Gasteiger partial charge in [0.05, 0.1) is 13.2 Å². The lowest BCUT2D eigenvalue weighted by Gasteiger charge is -2.24. The molecule has 0 aliphatic carbocycles. The van der Waals surface area contributed by atoms with Crippen LogP contribution < -0.4 is 5.32 Å². The lowest BCUT2D eigenvalue weighted by Crippen LogP contribution is -2.41. The van der Waals surface area contributed by atoms with Gasteiger partial charge in [-0.05, 0) is 6.42 Å². The number of thiazole rings is 1. The average Bonchev–Trinajstić information content (AvgIpc) is 3.09. The molecule has 1 aliphatic heterocycles. The van der Waals surface area contributed by atoms with Crippen molar-refractivity contribution < 1.29 is 17.9 Å². The Hall–Kier alpha value is -1.35. The van der Waals surface area contributed by atoms with Crippen LogP contribution in [-0.4, -0.2) is 49.7 Å². The number of hydrogen-bond acceptors (Lipinski definition) is 4. The van der Waals surface area contributed by atoms with Gasteiger partial charge < -0.3 is 15.0 Å². The summed E-state index contributed by atoms with van der Waals surface area (Å²) in [5.74, 6) is 1.09. The molecule has 1 N–H and O–H groups in total. The highest BCUT2D eigenvalue weighted by molar-refractivity contribution is 7.09. The summed E-state index contributed by atoms with van der Waals surface area (Å²) in [5.41, 5.74) is -0.847. The van der Waals surface area contributed by atoms with E-state index >= 15 is 0 Å². The zero-order valence-corrected chi connectivity index (χ0v) is 13.3. The van der Waals surface area contributed by atoms with Crippen molar-refractivity contribution >= 4 is 17.3 Å². The van der Waals surface area contributed by atoms with Crippen LogP contribution in [-0.2, 0) is 17.5 Å². The molecule has 1 unspecified atom stereocenters. The number of nitrogens with zero attached hydrogens (tertiary/aromatic N) is 3. The van der Waals surface area contributed by atoms with Gasteiger partial charge in [-0.2, -0.15) is 13.2 Å². The van der Waals surface area contributed by atoms with Crippen LogP contribution in [0.4, 0.5) is 13.2 Å². The first-order valence-electron chi connectivity index (χ1n) is 6.91. The fraction of sp³-hybridized carbons (Fsp3) is 0.692. The molecule has 2 heterocycles. The van der Waals surface area contributed by atoms with Gasteiger partial charge in [-0.25, -0.2) is 4.98 Å². The summed E-state index contributed by atoms with van der Waals surface area (Å²) in [6.45, 7) is 2.54. The van der Waals surface area contributed by atoms with Crippen LogP contribution in [0, 0.1) is 5.92 Å². The van der Waals surface area contributed by atoms with Crippen LogP contribution >= 0.6 is 11.3 Å². The Morgan fingerprint density at radius 2 is 2.36 bits per heavy atom. The number of alkyl halides is 3. The number of nitrogens with one attached hydrogen (secondary N) is 1. The Balaban J connectivity index is 1.86. The van der Waals surface area contributed by atoms with Gasteiger partial charge in [-0.15, -0.1) is 11.3 Å². The van der Waals surface area contributed by atoms with Gasteiger partial charge in [-0.3, -0.25) is 4.99 Å². The highest BCUT2D eigenvalue weighted by Crippen LogP contribution is 2.29. The number of aliphatic imine (C=N–C) groups is 1. The number of hydrogen-bond donors (Lipinski definition) is 1. The Labute approximate surface area is 131 Å². The Bertz CT molecular complexity index is 512. The fourth-order valence-electron chi connectivity index (χ4n) is 2.26. The van der Waals surface area contributed by atoms with Gasteiger partial charge in [0, 0.05) is 38.5 Å². The second-order valence-corrected chi connectivity index (χ2v) is 6.08. The lowest BCUT2D eigenvalue weighted by atomic mass is 10.1. The molecule has 0 radical (unpaired) electrons. The van der Waals surface area contributed by atoms with Gasteiger partial charge in [0.1, 0.15) is 5.01 Å². The fourth-order valence-corrected chi connectivity index (χ4v) is 3.00. The summed E-state index contributed by atoms with van der Waals surface area (Å²) < 4.78 is 42.8. The molecule has 0 saturated carbocycles. The summed E-state index contributed by atoms with van der Waals surface area (Å²) in [5, 5.41) is 4.45. The molecule has 2 rings (SSSR count). The minimum absolute atomic E-state index is 0.221. The van der Waals surface area contributed by atoms with E-state index in [2.05, 4.69) is 15.3 Å². The molecule has 124 valence electrons. The van der Waals surface area contributed by atoms with Crippen LogP contribution in [0.1, 0.15) is 17.1 Å². The number of rotatable bonds is 4. The third-order valence-electron chi connectivity index (χ3n) is 3.37. The standard InChI is InChI=1S/C13H19F3N4OS/c1-17-12(20(2)6-9-3-4-21-7-9)18-5-11-19-10(8-22-11)13(14,15)16/h8-9H,3-7H2,1-2H3,(H,17,18). The van der Waals surface area contributed by atoms with Crippen molar-refractivity contribution in [2.24, 2.45) is 10.9 Å². The summed E-state index contributed by atoms with van der Waals surface area (Å²) in [4.78, 5) is 9.69. The highest BCUT2D eigenvalue weighted by atomic mass is 32.1. The average molecular weight is 336 g/mol. The molecule has 0 spiro atoms. The van der Waals surface area contributed by atoms with Crippen LogP contribution in [0.25, 0.3) is 0 Å². The Morgan fingerprint density at radius 3 is 2.91 bits per heavy atom. The van der Waals surface area contributed by atoms with Crippen molar-refractivity contribution in [1.82, 2.24) is 15.2 Å². The predicted octanol–water partition coefficient (Wildman–Crippen LogP) is 2.21. The van der Waals surface area contributed by atoms with E-state index in [0.717, 1.165) is 42.9 Å². The monoisotopic (exact) mass is 336 g/mol. The van der Waals surface area contributed by atoms with Crippen LogP contribution in [0.5, 0.6) is 0 Å². The predicted molar refractivity (Wildman–Crippen MR) is 78.9 cm³/mol. The second-order valence-electron chi connectivity index (χ2n) is 5.14. The smallest absolute Gasteiger partial charge is 0.381 e. The minimum Gasteiger partial charge on any atom is -0.381 e. The molecule has 0 bridgehead atoms. The van der Waals surface area contributed by atoms with Crippen molar-refractivity contribution in [3.05, 3.63) is 16.1 Å². The van der Waals surface area contributed by atoms with E-state index in [9.17, 15) is 13.2 Å². The van der Waals surface area contributed by atoms with Crippen LogP contribution in [0.15, 0.2) is 10.4 Å². The zero-order valence-electron chi connectivity index (χ0n) is 12.5. The number of aromatic nitrogens is 1. The molecule has 0 amide bonds. The van der Waals surface area contributed by atoms with Gasteiger partial charge in [0.15, 0.2) is 11.7 Å². The molecular weight excluding hydrogens is 317 g/mol. The van der Waals surface area contributed by atoms with Crippen LogP contribution in [0.2, 0.25) is 0 Å². The number of guanidine groups is 1. The normalized spacial score (nSPS) is 19.5. The summed E-state index contributed by atoms with van der Waals surface area (Å²) >= 11 is 0.986. The first kappa shape index (κ1) is 17.0. The third kappa shape index (κ3) is 4.57. The second kappa shape index (κ2) is 7.28. The molecule has 1 aromatic rings. The molecule has 5 nitrogen and oxygen atoms in total. The van der Waals surface area contributed by atoms with E-state index in [4.69, 9.17) is 4.74 Å². The quantitative estimate of drug-likeness (QED) is 0.676. The maximum absolute atomic E-state index is 12.5. The van der Waals surface area contributed by atoms with Crippen LogP contribution in [0.3, 0.4) is 0 Å². The van der Waals surface area contributed by atoms with Crippen molar-refractivity contribution in [3.8, 4) is 0 Å². The summed E-state index contributed by atoms with van der Waals surface area (Å²) in [6, 6.07) is 0. The molecule has 0 aromatic carbocycles. The van der Waals surface area contributed by atoms with Gasteiger partial charge in [-0.1, -0.05) is 0 Å². The number of halogens is 3. The molecule has 1 fully saturated rings. The van der Waals surface area contributed by atoms with Crippen molar-refractivity contribution in [1.29, 1.82) is 0 Å².